The lowest BCUT2D eigenvalue weighted by molar-refractivity contribution is -0.138. The smallest absolute Gasteiger partial charge is 0.293 e. The molecule has 3 aromatic rings. The number of benzene rings is 2. The van der Waals surface area contributed by atoms with Crippen LogP contribution in [-0.4, -0.2) is 45.3 Å². The minimum Gasteiger partial charge on any atom is -0.504 e. The van der Waals surface area contributed by atoms with Crippen LogP contribution in [-0.2, 0) is 9.53 Å². The summed E-state index contributed by atoms with van der Waals surface area (Å²) in [5, 5.41) is 17.5. The van der Waals surface area contributed by atoms with E-state index >= 15 is 0 Å². The molecule has 0 radical (unpaired) electrons. The number of halogens is 3. The Hall–Kier alpha value is -2.88. The zero-order valence-electron chi connectivity index (χ0n) is 20.7. The molecule has 2 aliphatic rings. The third-order valence-electron chi connectivity index (χ3n) is 6.13. The van der Waals surface area contributed by atoms with Crippen LogP contribution in [0, 0.1) is 5.82 Å². The van der Waals surface area contributed by atoms with E-state index in [-0.39, 0.29) is 33.2 Å². The van der Waals surface area contributed by atoms with Crippen LogP contribution in [0.15, 0.2) is 30.6 Å². The van der Waals surface area contributed by atoms with E-state index in [1.165, 1.54) is 24.5 Å². The highest BCUT2D eigenvalue weighted by Crippen LogP contribution is 2.38. The van der Waals surface area contributed by atoms with Gasteiger partial charge in [-0.3, -0.25) is 4.79 Å². The van der Waals surface area contributed by atoms with Crippen LogP contribution in [0.3, 0.4) is 0 Å². The van der Waals surface area contributed by atoms with Crippen molar-refractivity contribution in [3.05, 3.63) is 46.5 Å². The first-order chi connectivity index (χ1) is 17.5. The second-order valence-electron chi connectivity index (χ2n) is 10.1. The van der Waals surface area contributed by atoms with E-state index in [4.69, 9.17) is 27.9 Å². The van der Waals surface area contributed by atoms with Crippen LogP contribution in [0.25, 0.3) is 10.9 Å². The SMILES string of the molecule is CC(C)(C)OC=O.Oc1cc2ncnc(Nc3ccc(Cl)c(Cl)c3F)c2cc1OC1C[C@H]2CC[C@@H](C1)N2. The summed E-state index contributed by atoms with van der Waals surface area (Å²) in [5.74, 6) is 0.0730. The highest BCUT2D eigenvalue weighted by Gasteiger charge is 2.34. The Bertz CT molecular complexity index is 1280. The van der Waals surface area contributed by atoms with Gasteiger partial charge in [0.1, 0.15) is 23.9 Å². The molecule has 2 saturated heterocycles. The van der Waals surface area contributed by atoms with E-state index in [1.54, 1.807) is 6.07 Å². The topological polar surface area (TPSA) is 106 Å². The summed E-state index contributed by atoms with van der Waals surface area (Å²) in [5.41, 5.74) is 0.319. The Morgan fingerprint density at radius 1 is 1.16 bits per heavy atom. The molecular weight excluding hydrogens is 522 g/mol. The van der Waals surface area contributed by atoms with Crippen molar-refractivity contribution in [3.8, 4) is 11.5 Å². The van der Waals surface area contributed by atoms with E-state index in [2.05, 4.69) is 25.3 Å². The van der Waals surface area contributed by atoms with Gasteiger partial charge < -0.3 is 25.2 Å². The number of rotatable bonds is 5. The van der Waals surface area contributed by atoms with Crippen LogP contribution in [0.4, 0.5) is 15.9 Å². The highest BCUT2D eigenvalue weighted by molar-refractivity contribution is 6.42. The molecule has 198 valence electrons. The maximum atomic E-state index is 14.5. The zero-order chi connectivity index (χ0) is 26.7. The zero-order valence-corrected chi connectivity index (χ0v) is 22.2. The number of ether oxygens (including phenoxy) is 2. The number of aromatic nitrogens is 2. The molecule has 8 nitrogen and oxygen atoms in total. The monoisotopic (exact) mass is 550 g/mol. The number of fused-ring (bicyclic) bond motifs is 3. The van der Waals surface area contributed by atoms with E-state index < -0.39 is 5.82 Å². The number of nitrogens with one attached hydrogen (secondary N) is 2. The quantitative estimate of drug-likeness (QED) is 0.256. The van der Waals surface area contributed by atoms with Gasteiger partial charge >= 0.3 is 0 Å². The van der Waals surface area contributed by atoms with Crippen LogP contribution in [0.2, 0.25) is 10.0 Å². The van der Waals surface area contributed by atoms with Crippen molar-refractivity contribution < 1.29 is 23.8 Å². The minimum absolute atomic E-state index is 0.0127. The molecule has 0 aliphatic carbocycles. The van der Waals surface area contributed by atoms with Gasteiger partial charge in [-0.25, -0.2) is 14.4 Å². The average molecular weight is 551 g/mol. The summed E-state index contributed by atoms with van der Waals surface area (Å²) in [6, 6.07) is 7.14. The van der Waals surface area contributed by atoms with E-state index in [0.29, 0.717) is 41.0 Å². The van der Waals surface area contributed by atoms with Crippen molar-refractivity contribution in [2.45, 2.75) is 70.2 Å². The third kappa shape index (κ3) is 6.71. The second-order valence-corrected chi connectivity index (χ2v) is 10.9. The highest BCUT2D eigenvalue weighted by atomic mass is 35.5. The second kappa shape index (κ2) is 11.2. The molecule has 0 spiro atoms. The molecule has 2 fully saturated rings. The number of phenols is 1. The number of anilines is 2. The Balaban J connectivity index is 0.000000405. The molecule has 11 heteroatoms. The van der Waals surface area contributed by atoms with Crippen molar-refractivity contribution in [1.82, 2.24) is 15.3 Å². The number of hydrogen-bond donors (Lipinski definition) is 3. The van der Waals surface area contributed by atoms with Gasteiger partial charge in [0.2, 0.25) is 0 Å². The maximum absolute atomic E-state index is 14.5. The summed E-state index contributed by atoms with van der Waals surface area (Å²) < 4.78 is 25.2. The fraction of sp³-hybridized carbons (Fsp3) is 0.423. The van der Waals surface area contributed by atoms with Crippen LogP contribution in [0.1, 0.15) is 46.5 Å². The lowest BCUT2D eigenvalue weighted by Crippen LogP contribution is -2.42. The molecule has 3 atom stereocenters. The van der Waals surface area contributed by atoms with Crippen LogP contribution >= 0.6 is 23.2 Å². The first-order valence-electron chi connectivity index (χ1n) is 12.0. The molecule has 1 unspecified atom stereocenters. The van der Waals surface area contributed by atoms with Gasteiger partial charge in [-0.1, -0.05) is 23.2 Å². The number of carbonyl (C=O) groups excluding carboxylic acids is 1. The first kappa shape index (κ1) is 27.2. The molecule has 0 amide bonds. The summed E-state index contributed by atoms with van der Waals surface area (Å²) in [6.07, 6.45) is 5.49. The predicted molar refractivity (Wildman–Crippen MR) is 141 cm³/mol. The number of aromatic hydroxyl groups is 1. The van der Waals surface area contributed by atoms with Gasteiger partial charge in [0.15, 0.2) is 17.3 Å². The van der Waals surface area contributed by atoms with Gasteiger partial charge in [0.05, 0.1) is 21.2 Å². The molecule has 5 rings (SSSR count). The van der Waals surface area contributed by atoms with Crippen molar-refractivity contribution in [2.24, 2.45) is 0 Å². The third-order valence-corrected chi connectivity index (χ3v) is 6.91. The molecule has 2 aliphatic heterocycles. The summed E-state index contributed by atoms with van der Waals surface area (Å²) in [7, 11) is 0. The Morgan fingerprint density at radius 2 is 1.86 bits per heavy atom. The standard InChI is InChI=1S/C21H19Cl2FN4O2.C5H10O2/c22-14-3-4-15(20(24)19(14)23)28-21-13-7-18(17(29)8-16(13)25-9-26-21)30-12-5-10-1-2-11(6-12)27-10;1-5(2,3)7-4-6/h3-4,7-12,27,29H,1-2,5-6H2,(H,25,26,28);4H,1-3H3/t10-,11+,12?;. The van der Waals surface area contributed by atoms with E-state index in [0.717, 1.165) is 25.7 Å². The van der Waals surface area contributed by atoms with Crippen molar-refractivity contribution in [2.75, 3.05) is 5.32 Å². The Morgan fingerprint density at radius 3 is 2.49 bits per heavy atom. The molecule has 2 bridgehead atoms. The molecule has 2 aromatic carbocycles. The Kier molecular flexibility index (Phi) is 8.26. The van der Waals surface area contributed by atoms with E-state index in [1.807, 2.05) is 20.8 Å². The van der Waals surface area contributed by atoms with Crippen LogP contribution < -0.4 is 15.4 Å². The molecule has 0 saturated carbocycles. The summed E-state index contributed by atoms with van der Waals surface area (Å²) in [4.78, 5) is 18.0. The molecular formula is C26H29Cl2FN4O4. The van der Waals surface area contributed by atoms with Gasteiger partial charge in [-0.05, 0) is 64.7 Å². The predicted octanol–water partition coefficient (Wildman–Crippen LogP) is 6.14. The number of piperidine rings is 1. The molecule has 37 heavy (non-hydrogen) atoms. The molecule has 1 aromatic heterocycles. The largest absolute Gasteiger partial charge is 0.504 e. The van der Waals surface area contributed by atoms with Crippen molar-refractivity contribution in [3.63, 3.8) is 0 Å². The number of nitrogens with zero attached hydrogens (tertiary/aromatic N) is 2. The normalized spacial score (nSPS) is 20.6. The van der Waals surface area contributed by atoms with Crippen molar-refractivity contribution in [1.29, 1.82) is 0 Å². The fourth-order valence-corrected chi connectivity index (χ4v) is 4.75. The lowest BCUT2D eigenvalue weighted by atomic mass is 10.0. The van der Waals surface area contributed by atoms with Gasteiger partial charge in [-0.2, -0.15) is 0 Å². The number of phenolic OH excluding ortho intramolecular Hbond substituents is 1. The summed E-state index contributed by atoms with van der Waals surface area (Å²) >= 11 is 11.8. The summed E-state index contributed by atoms with van der Waals surface area (Å²) in [6.45, 7) is 5.92. The molecule has 3 heterocycles. The minimum atomic E-state index is -0.670. The molecule has 3 N–H and O–H groups in total. The first-order valence-corrected chi connectivity index (χ1v) is 12.7. The number of hydrogen-bond acceptors (Lipinski definition) is 8. The van der Waals surface area contributed by atoms with Crippen molar-refractivity contribution >= 4 is 52.1 Å². The van der Waals surface area contributed by atoms with Crippen LogP contribution in [0.5, 0.6) is 11.5 Å². The fourth-order valence-electron chi connectivity index (χ4n) is 4.44. The van der Waals surface area contributed by atoms with Gasteiger partial charge in [-0.15, -0.1) is 0 Å². The van der Waals surface area contributed by atoms with E-state index in [9.17, 15) is 14.3 Å². The number of carbonyl (C=O) groups is 1. The average Bonchev–Trinajstić information content (AvgIpc) is 3.17. The lowest BCUT2D eigenvalue weighted by Gasteiger charge is -2.29. The van der Waals surface area contributed by atoms with Gasteiger partial charge in [0, 0.05) is 23.5 Å². The van der Waals surface area contributed by atoms with Gasteiger partial charge in [0.25, 0.3) is 6.47 Å². The Labute approximate surface area is 224 Å². The maximum Gasteiger partial charge on any atom is 0.293 e.